The zero-order chi connectivity index (χ0) is 9.31. The fraction of sp³-hybridized carbons (Fsp3) is 0.889. The molecule has 2 aliphatic rings. The number of aliphatic hydroxyl groups is 1. The maximum atomic E-state index is 10.9. The zero-order valence-electron chi connectivity index (χ0n) is 7.68. The van der Waals surface area contributed by atoms with Crippen molar-refractivity contribution < 1.29 is 9.90 Å². The van der Waals surface area contributed by atoms with Gasteiger partial charge in [0.2, 0.25) is 5.91 Å². The predicted octanol–water partition coefficient (Wildman–Crippen LogP) is -0.620. The van der Waals surface area contributed by atoms with Gasteiger partial charge < -0.3 is 15.7 Å². The van der Waals surface area contributed by atoms with E-state index in [1.54, 1.807) is 0 Å². The molecule has 0 spiro atoms. The van der Waals surface area contributed by atoms with Crippen molar-refractivity contribution in [1.29, 1.82) is 0 Å². The van der Waals surface area contributed by atoms with Gasteiger partial charge in [-0.1, -0.05) is 0 Å². The lowest BCUT2D eigenvalue weighted by Gasteiger charge is -2.17. The van der Waals surface area contributed by atoms with Crippen LogP contribution >= 0.6 is 0 Å². The van der Waals surface area contributed by atoms with Crippen LogP contribution < -0.4 is 10.6 Å². The zero-order valence-corrected chi connectivity index (χ0v) is 7.68. The molecule has 1 saturated heterocycles. The van der Waals surface area contributed by atoms with Crippen LogP contribution in [0.2, 0.25) is 0 Å². The highest BCUT2D eigenvalue weighted by atomic mass is 16.3. The first-order chi connectivity index (χ1) is 6.24. The summed E-state index contributed by atoms with van der Waals surface area (Å²) in [6.45, 7) is 1.01. The van der Waals surface area contributed by atoms with Crippen molar-refractivity contribution in [1.82, 2.24) is 10.6 Å². The number of rotatable bonds is 4. The molecule has 1 amide bonds. The largest absolute Gasteiger partial charge is 0.394 e. The van der Waals surface area contributed by atoms with E-state index in [1.165, 1.54) is 0 Å². The molecule has 2 fully saturated rings. The summed E-state index contributed by atoms with van der Waals surface area (Å²) in [6, 6.07) is 0.275. The van der Waals surface area contributed by atoms with E-state index in [4.69, 9.17) is 5.11 Å². The van der Waals surface area contributed by atoms with Gasteiger partial charge in [0.15, 0.2) is 0 Å². The van der Waals surface area contributed by atoms with Gasteiger partial charge in [-0.25, -0.2) is 0 Å². The molecule has 0 radical (unpaired) electrons. The first kappa shape index (κ1) is 8.97. The highest BCUT2D eigenvalue weighted by molar-refractivity contribution is 5.78. The summed E-state index contributed by atoms with van der Waals surface area (Å²) < 4.78 is 0. The maximum Gasteiger partial charge on any atom is 0.220 e. The minimum absolute atomic E-state index is 0.00663. The molecular formula is C9H16N2O2. The Labute approximate surface area is 77.7 Å². The Morgan fingerprint density at radius 2 is 2.38 bits per heavy atom. The number of carbonyl (C=O) groups is 1. The van der Waals surface area contributed by atoms with Crippen molar-refractivity contribution in [2.45, 2.75) is 37.3 Å². The van der Waals surface area contributed by atoms with Crippen LogP contribution in [0.4, 0.5) is 0 Å². The molecule has 0 aromatic rings. The second-order valence-electron chi connectivity index (χ2n) is 4.12. The molecule has 1 aliphatic heterocycles. The quantitative estimate of drug-likeness (QED) is 0.545. The first-order valence-corrected chi connectivity index (χ1v) is 4.89. The third-order valence-electron chi connectivity index (χ3n) is 2.96. The smallest absolute Gasteiger partial charge is 0.220 e. The van der Waals surface area contributed by atoms with Gasteiger partial charge in [-0.3, -0.25) is 4.79 Å². The van der Waals surface area contributed by atoms with Crippen LogP contribution in [0.3, 0.4) is 0 Å². The molecular weight excluding hydrogens is 168 g/mol. The lowest BCUT2D eigenvalue weighted by Crippen LogP contribution is -2.43. The van der Waals surface area contributed by atoms with Gasteiger partial charge in [-0.05, 0) is 19.3 Å². The number of nitrogens with one attached hydrogen (secondary N) is 2. The van der Waals surface area contributed by atoms with Crippen molar-refractivity contribution in [3.8, 4) is 0 Å². The first-order valence-electron chi connectivity index (χ1n) is 4.89. The number of aliphatic hydroxyl groups excluding tert-OH is 1. The number of carbonyl (C=O) groups excluding carboxylic acids is 1. The Balaban J connectivity index is 1.71. The molecule has 1 atom stereocenters. The molecule has 74 valence electrons. The van der Waals surface area contributed by atoms with Crippen molar-refractivity contribution in [3.05, 3.63) is 0 Å². The predicted molar refractivity (Wildman–Crippen MR) is 48.2 cm³/mol. The minimum atomic E-state index is -0.00663. The van der Waals surface area contributed by atoms with Crippen molar-refractivity contribution >= 4 is 5.91 Å². The summed E-state index contributed by atoms with van der Waals surface area (Å²) in [5, 5.41) is 15.2. The number of hydrogen-bond donors (Lipinski definition) is 3. The van der Waals surface area contributed by atoms with Crippen molar-refractivity contribution in [2.24, 2.45) is 0 Å². The molecule has 3 N–H and O–H groups in total. The normalized spacial score (nSPS) is 30.2. The summed E-state index contributed by atoms with van der Waals surface area (Å²) >= 11 is 0. The average Bonchev–Trinajstić information content (AvgIpc) is 2.81. The fourth-order valence-electron chi connectivity index (χ4n) is 1.71. The summed E-state index contributed by atoms with van der Waals surface area (Å²) in [5.41, 5.74) is -0.00663. The van der Waals surface area contributed by atoms with Crippen molar-refractivity contribution in [3.63, 3.8) is 0 Å². The molecule has 13 heavy (non-hydrogen) atoms. The van der Waals surface area contributed by atoms with Crippen LogP contribution in [0.1, 0.15) is 25.7 Å². The highest BCUT2D eigenvalue weighted by Gasteiger charge is 2.42. The molecule has 1 heterocycles. The molecule has 4 nitrogen and oxygen atoms in total. The molecule has 1 aliphatic carbocycles. The third-order valence-corrected chi connectivity index (χ3v) is 2.96. The Hall–Kier alpha value is -0.610. The van der Waals surface area contributed by atoms with Crippen molar-refractivity contribution in [2.75, 3.05) is 13.2 Å². The van der Waals surface area contributed by atoms with Crippen LogP contribution in [0.5, 0.6) is 0 Å². The monoisotopic (exact) mass is 184 g/mol. The summed E-state index contributed by atoms with van der Waals surface area (Å²) in [4.78, 5) is 10.9. The molecule has 2 rings (SSSR count). The summed E-state index contributed by atoms with van der Waals surface area (Å²) in [5.74, 6) is 0.153. The SMILES string of the molecule is O=C1CCC(CNC2(CO)CC2)N1. The second kappa shape index (κ2) is 3.27. The average molecular weight is 184 g/mol. The van der Waals surface area contributed by atoms with Gasteiger partial charge in [-0.2, -0.15) is 0 Å². The van der Waals surface area contributed by atoms with Gasteiger partial charge in [0.25, 0.3) is 0 Å². The van der Waals surface area contributed by atoms with Crippen LogP contribution in [0.15, 0.2) is 0 Å². The topological polar surface area (TPSA) is 61.4 Å². The van der Waals surface area contributed by atoms with E-state index in [1.807, 2.05) is 0 Å². The van der Waals surface area contributed by atoms with Gasteiger partial charge in [0.05, 0.1) is 6.61 Å². The van der Waals surface area contributed by atoms with Gasteiger partial charge >= 0.3 is 0 Å². The Bertz CT molecular complexity index is 214. The summed E-state index contributed by atoms with van der Waals surface area (Å²) in [6.07, 6.45) is 3.69. The molecule has 1 unspecified atom stereocenters. The van der Waals surface area contributed by atoms with E-state index in [9.17, 15) is 4.79 Å². The van der Waals surface area contributed by atoms with E-state index in [0.717, 1.165) is 25.8 Å². The maximum absolute atomic E-state index is 10.9. The van der Waals surface area contributed by atoms with Gasteiger partial charge in [-0.15, -0.1) is 0 Å². The number of hydrogen-bond acceptors (Lipinski definition) is 3. The Morgan fingerprint density at radius 1 is 1.62 bits per heavy atom. The lowest BCUT2D eigenvalue weighted by molar-refractivity contribution is -0.119. The van der Waals surface area contributed by atoms with Crippen LogP contribution in [0, 0.1) is 0 Å². The van der Waals surface area contributed by atoms with E-state index in [-0.39, 0.29) is 24.1 Å². The molecule has 0 aromatic carbocycles. The highest BCUT2D eigenvalue weighted by Crippen LogP contribution is 2.34. The Kier molecular flexibility index (Phi) is 2.26. The van der Waals surface area contributed by atoms with Gasteiger partial charge in [0.1, 0.15) is 0 Å². The summed E-state index contributed by atoms with van der Waals surface area (Å²) in [7, 11) is 0. The van der Waals surface area contributed by atoms with Crippen LogP contribution in [-0.4, -0.2) is 35.7 Å². The van der Waals surface area contributed by atoms with Crippen LogP contribution in [-0.2, 0) is 4.79 Å². The van der Waals surface area contributed by atoms with Gasteiger partial charge in [0, 0.05) is 24.5 Å². The molecule has 4 heteroatoms. The molecule has 0 aromatic heterocycles. The third kappa shape index (κ3) is 2.00. The Morgan fingerprint density at radius 3 is 2.85 bits per heavy atom. The lowest BCUT2D eigenvalue weighted by atomic mass is 10.2. The standard InChI is InChI=1S/C9H16N2O2/c12-6-9(3-4-9)10-5-7-1-2-8(13)11-7/h7,10,12H,1-6H2,(H,11,13). The molecule has 1 saturated carbocycles. The minimum Gasteiger partial charge on any atom is -0.394 e. The van der Waals surface area contributed by atoms with E-state index < -0.39 is 0 Å². The van der Waals surface area contributed by atoms with Crippen LogP contribution in [0.25, 0.3) is 0 Å². The second-order valence-corrected chi connectivity index (χ2v) is 4.12. The fourth-order valence-corrected chi connectivity index (χ4v) is 1.71. The van der Waals surface area contributed by atoms with E-state index in [2.05, 4.69) is 10.6 Å². The molecule has 0 bridgehead atoms. The van der Waals surface area contributed by atoms with E-state index >= 15 is 0 Å². The number of amides is 1. The van der Waals surface area contributed by atoms with E-state index in [0.29, 0.717) is 6.42 Å².